The fourth-order valence-electron chi connectivity index (χ4n) is 2.58. The van der Waals surface area contributed by atoms with Gasteiger partial charge in [-0.3, -0.25) is 0 Å². The van der Waals surface area contributed by atoms with Gasteiger partial charge in [-0.1, -0.05) is 91.9 Å². The van der Waals surface area contributed by atoms with E-state index in [4.69, 9.17) is 0 Å². The molecule has 0 saturated carbocycles. The molecule has 0 amide bonds. The molecule has 97 valence electrons. The molecule has 0 bridgehead atoms. The first-order chi connectivity index (χ1) is 7.74. The number of hydrogen-bond acceptors (Lipinski definition) is 0. The van der Waals surface area contributed by atoms with Gasteiger partial charge in [0.25, 0.3) is 0 Å². The highest BCUT2D eigenvalue weighted by Crippen LogP contribution is 2.23. The second-order valence-electron chi connectivity index (χ2n) is 5.38. The number of rotatable bonds is 11. The highest BCUT2D eigenvalue weighted by molar-refractivity contribution is 4.64. The summed E-state index contributed by atoms with van der Waals surface area (Å²) < 4.78 is 0. The minimum absolute atomic E-state index is 0.707. The maximum Gasteiger partial charge on any atom is -0.0414 e. The zero-order valence-corrected chi connectivity index (χ0v) is 11.9. The van der Waals surface area contributed by atoms with Gasteiger partial charge in [-0.25, -0.2) is 0 Å². The molecular formula is C16H33. The number of unbranched alkanes of at least 4 members (excludes halogenated alkanes) is 1. The lowest BCUT2D eigenvalue weighted by atomic mass is 9.89. The van der Waals surface area contributed by atoms with Crippen molar-refractivity contribution in [2.75, 3.05) is 0 Å². The Labute approximate surface area is 104 Å². The van der Waals surface area contributed by atoms with E-state index < -0.39 is 0 Å². The summed E-state index contributed by atoms with van der Waals surface area (Å²) in [5, 5.41) is 0. The first-order valence-corrected chi connectivity index (χ1v) is 7.57. The van der Waals surface area contributed by atoms with Crippen LogP contribution in [-0.2, 0) is 0 Å². The molecular weight excluding hydrogens is 192 g/mol. The minimum atomic E-state index is 0.707. The third-order valence-corrected chi connectivity index (χ3v) is 3.58. The van der Waals surface area contributed by atoms with E-state index in [0.29, 0.717) is 5.92 Å². The van der Waals surface area contributed by atoms with Gasteiger partial charge < -0.3 is 0 Å². The van der Waals surface area contributed by atoms with Gasteiger partial charge in [-0.05, 0) is 11.8 Å². The molecule has 0 aliphatic heterocycles. The average molecular weight is 225 g/mol. The molecule has 0 heterocycles. The lowest BCUT2D eigenvalue weighted by Gasteiger charge is -2.17. The molecule has 16 heavy (non-hydrogen) atoms. The van der Waals surface area contributed by atoms with Crippen LogP contribution in [0.15, 0.2) is 0 Å². The normalized spacial score (nSPS) is 15.0. The predicted octanol–water partition coefficient (Wildman–Crippen LogP) is 6.01. The Morgan fingerprint density at radius 1 is 0.688 bits per heavy atom. The Balaban J connectivity index is 3.57. The Hall–Kier alpha value is 0. The van der Waals surface area contributed by atoms with E-state index in [-0.39, 0.29) is 0 Å². The van der Waals surface area contributed by atoms with Crippen LogP contribution in [0.5, 0.6) is 0 Å². The van der Waals surface area contributed by atoms with Crippen molar-refractivity contribution >= 4 is 0 Å². The van der Waals surface area contributed by atoms with Crippen molar-refractivity contribution in [2.24, 2.45) is 11.8 Å². The van der Waals surface area contributed by atoms with Gasteiger partial charge in [0.2, 0.25) is 0 Å². The SMILES string of the molecule is [CH2]C(CCC)CCCC(CCC)CCCC. The molecule has 1 radical (unpaired) electrons. The topological polar surface area (TPSA) is 0 Å². The third-order valence-electron chi connectivity index (χ3n) is 3.58. The van der Waals surface area contributed by atoms with Crippen molar-refractivity contribution < 1.29 is 0 Å². The molecule has 2 unspecified atom stereocenters. The summed E-state index contributed by atoms with van der Waals surface area (Å²) in [4.78, 5) is 0. The zero-order valence-electron chi connectivity index (χ0n) is 11.9. The van der Waals surface area contributed by atoms with Crippen LogP contribution in [0, 0.1) is 18.8 Å². The van der Waals surface area contributed by atoms with Gasteiger partial charge >= 0.3 is 0 Å². The van der Waals surface area contributed by atoms with Crippen molar-refractivity contribution in [3.8, 4) is 0 Å². The molecule has 0 N–H and O–H groups in total. The quantitative estimate of drug-likeness (QED) is 0.404. The Bertz CT molecular complexity index is 128. The molecule has 0 rings (SSSR count). The smallest absolute Gasteiger partial charge is 0.0414 e. The van der Waals surface area contributed by atoms with Crippen molar-refractivity contribution in [1.29, 1.82) is 0 Å². The van der Waals surface area contributed by atoms with E-state index in [1.807, 2.05) is 0 Å². The molecule has 0 fully saturated rings. The van der Waals surface area contributed by atoms with Crippen LogP contribution in [0.1, 0.15) is 85.0 Å². The summed E-state index contributed by atoms with van der Waals surface area (Å²) in [6.07, 6.45) is 13.8. The fourth-order valence-corrected chi connectivity index (χ4v) is 2.58. The summed E-state index contributed by atoms with van der Waals surface area (Å²) >= 11 is 0. The molecule has 0 saturated heterocycles. The molecule has 0 aliphatic rings. The maximum atomic E-state index is 4.23. The van der Waals surface area contributed by atoms with Crippen molar-refractivity contribution in [3.63, 3.8) is 0 Å². The van der Waals surface area contributed by atoms with Gasteiger partial charge in [0.1, 0.15) is 0 Å². The monoisotopic (exact) mass is 225 g/mol. The van der Waals surface area contributed by atoms with Crippen molar-refractivity contribution in [2.45, 2.75) is 85.0 Å². The molecule has 0 heteroatoms. The van der Waals surface area contributed by atoms with Crippen molar-refractivity contribution in [1.82, 2.24) is 0 Å². The largest absolute Gasteiger partial charge is 0.0654 e. The Kier molecular flexibility index (Phi) is 11.5. The van der Waals surface area contributed by atoms with E-state index >= 15 is 0 Å². The zero-order chi connectivity index (χ0) is 12.2. The summed E-state index contributed by atoms with van der Waals surface area (Å²) in [6, 6.07) is 0. The van der Waals surface area contributed by atoms with Gasteiger partial charge in [0.15, 0.2) is 0 Å². The van der Waals surface area contributed by atoms with Crippen LogP contribution in [0.2, 0.25) is 0 Å². The van der Waals surface area contributed by atoms with Crippen molar-refractivity contribution in [3.05, 3.63) is 6.92 Å². The number of hydrogen-bond donors (Lipinski definition) is 0. The molecule has 2 atom stereocenters. The molecule has 0 aromatic heterocycles. The van der Waals surface area contributed by atoms with Gasteiger partial charge in [-0.15, -0.1) is 0 Å². The standard InChI is InChI=1S/C16H33/c1-5-8-13-16(11-7-3)14-9-12-15(4)10-6-2/h15-16H,4-14H2,1-3H3. The highest BCUT2D eigenvalue weighted by atomic mass is 14.1. The van der Waals surface area contributed by atoms with Crippen LogP contribution in [0.25, 0.3) is 0 Å². The fraction of sp³-hybridized carbons (Fsp3) is 0.938. The first-order valence-electron chi connectivity index (χ1n) is 7.57. The van der Waals surface area contributed by atoms with Gasteiger partial charge in [0, 0.05) is 0 Å². The van der Waals surface area contributed by atoms with Crippen LogP contribution < -0.4 is 0 Å². The predicted molar refractivity (Wildman–Crippen MR) is 75.5 cm³/mol. The molecule has 0 aromatic carbocycles. The summed E-state index contributed by atoms with van der Waals surface area (Å²) in [7, 11) is 0. The average Bonchev–Trinajstić information content (AvgIpc) is 2.26. The van der Waals surface area contributed by atoms with E-state index in [1.165, 1.54) is 64.2 Å². The van der Waals surface area contributed by atoms with Crippen LogP contribution >= 0.6 is 0 Å². The lowest BCUT2D eigenvalue weighted by Crippen LogP contribution is -2.02. The van der Waals surface area contributed by atoms with Gasteiger partial charge in [0.05, 0.1) is 0 Å². The Morgan fingerprint density at radius 3 is 1.88 bits per heavy atom. The second kappa shape index (κ2) is 11.5. The van der Waals surface area contributed by atoms with E-state index in [2.05, 4.69) is 27.7 Å². The van der Waals surface area contributed by atoms with Crippen LogP contribution in [0.4, 0.5) is 0 Å². The summed E-state index contributed by atoms with van der Waals surface area (Å²) in [6.45, 7) is 11.1. The summed E-state index contributed by atoms with van der Waals surface area (Å²) in [5.74, 6) is 1.71. The van der Waals surface area contributed by atoms with Gasteiger partial charge in [-0.2, -0.15) is 0 Å². The maximum absolute atomic E-state index is 4.23. The minimum Gasteiger partial charge on any atom is -0.0654 e. The Morgan fingerprint density at radius 2 is 1.31 bits per heavy atom. The molecule has 0 aliphatic carbocycles. The molecule has 0 nitrogen and oxygen atoms in total. The van der Waals surface area contributed by atoms with Crippen LogP contribution in [0.3, 0.4) is 0 Å². The molecule has 0 aromatic rings. The first kappa shape index (κ1) is 16.0. The third kappa shape index (κ3) is 9.24. The van der Waals surface area contributed by atoms with Crippen LogP contribution in [-0.4, -0.2) is 0 Å². The van der Waals surface area contributed by atoms with E-state index in [1.54, 1.807) is 0 Å². The second-order valence-corrected chi connectivity index (χ2v) is 5.38. The lowest BCUT2D eigenvalue weighted by molar-refractivity contribution is 0.371. The highest BCUT2D eigenvalue weighted by Gasteiger charge is 2.08. The molecule has 0 spiro atoms. The summed E-state index contributed by atoms with van der Waals surface area (Å²) in [5.41, 5.74) is 0. The van der Waals surface area contributed by atoms with E-state index in [0.717, 1.165) is 5.92 Å². The van der Waals surface area contributed by atoms with E-state index in [9.17, 15) is 0 Å².